The predicted octanol–water partition coefficient (Wildman–Crippen LogP) is 3.26. The molecule has 3 amide bonds. The summed E-state index contributed by atoms with van der Waals surface area (Å²) >= 11 is 1.13. The highest BCUT2D eigenvalue weighted by molar-refractivity contribution is 7.12. The van der Waals surface area contributed by atoms with Crippen LogP contribution in [0.4, 0.5) is 0 Å². The van der Waals surface area contributed by atoms with Gasteiger partial charge in [-0.2, -0.15) is 0 Å². The zero-order valence-electron chi connectivity index (χ0n) is 19.4. The average molecular weight is 496 g/mol. The molecule has 2 aromatic carbocycles. The van der Waals surface area contributed by atoms with Crippen molar-refractivity contribution < 1.29 is 29.4 Å². The number of imide groups is 1. The SMILES string of the molecule is Cc1cc(C(=O)NCc2cccc(O)c2)cc(C)c1C(=O)N(N[C@@H](C)C(=O)O)C(=O)c1cccs1. The standard InChI is InChI=1S/C25H25N3O6S/c1-14-10-18(22(30)26-13-17-6-4-7-19(29)12-17)11-15(2)21(14)24(32)28(27-16(3)25(33)34)23(31)20-8-5-9-35-20/h4-12,16,27,29H,13H2,1-3H3,(H,26,30)(H,33,34)/t16-/m0/s1. The summed E-state index contributed by atoms with van der Waals surface area (Å²) in [6, 6.07) is 11.6. The molecule has 0 aliphatic rings. The molecule has 0 aliphatic heterocycles. The van der Waals surface area contributed by atoms with Gasteiger partial charge in [-0.15, -0.1) is 11.3 Å². The minimum absolute atomic E-state index is 0.0961. The van der Waals surface area contributed by atoms with Gasteiger partial charge in [-0.3, -0.25) is 19.2 Å². The minimum Gasteiger partial charge on any atom is -0.508 e. The highest BCUT2D eigenvalue weighted by Gasteiger charge is 2.30. The highest BCUT2D eigenvalue weighted by atomic mass is 32.1. The molecular formula is C25H25N3O6S. The van der Waals surface area contributed by atoms with E-state index in [9.17, 15) is 29.4 Å². The fraction of sp³-hybridized carbons (Fsp3) is 0.200. The first-order valence-corrected chi connectivity index (χ1v) is 11.5. The van der Waals surface area contributed by atoms with E-state index < -0.39 is 23.8 Å². The summed E-state index contributed by atoms with van der Waals surface area (Å²) in [6.45, 7) is 4.80. The molecular weight excluding hydrogens is 470 g/mol. The number of phenols is 1. The summed E-state index contributed by atoms with van der Waals surface area (Å²) in [5.74, 6) is -2.90. The van der Waals surface area contributed by atoms with Crippen LogP contribution in [0.1, 0.15) is 54.0 Å². The minimum atomic E-state index is -1.23. The zero-order chi connectivity index (χ0) is 25.7. The molecule has 3 rings (SSSR count). The quantitative estimate of drug-likeness (QED) is 0.278. The second kappa shape index (κ2) is 10.9. The first-order valence-electron chi connectivity index (χ1n) is 10.7. The van der Waals surface area contributed by atoms with Crippen molar-refractivity contribution in [3.63, 3.8) is 0 Å². The molecule has 0 saturated heterocycles. The molecule has 1 heterocycles. The van der Waals surface area contributed by atoms with E-state index in [2.05, 4.69) is 10.7 Å². The van der Waals surface area contributed by atoms with Crippen LogP contribution in [0.2, 0.25) is 0 Å². The Bertz CT molecular complexity index is 1250. The molecule has 3 aromatic rings. The fourth-order valence-corrected chi connectivity index (χ4v) is 4.12. The van der Waals surface area contributed by atoms with Gasteiger partial charge in [-0.1, -0.05) is 18.2 Å². The Labute approximate surface area is 206 Å². The van der Waals surface area contributed by atoms with Gasteiger partial charge in [0.1, 0.15) is 11.8 Å². The van der Waals surface area contributed by atoms with Crippen LogP contribution in [0.3, 0.4) is 0 Å². The number of nitrogens with zero attached hydrogens (tertiary/aromatic N) is 1. The molecule has 0 bridgehead atoms. The zero-order valence-corrected chi connectivity index (χ0v) is 20.2. The number of carbonyl (C=O) groups excluding carboxylic acids is 3. The Morgan fingerprint density at radius 2 is 1.69 bits per heavy atom. The Morgan fingerprint density at radius 1 is 1.00 bits per heavy atom. The Balaban J connectivity index is 1.86. The molecule has 9 nitrogen and oxygen atoms in total. The van der Waals surface area contributed by atoms with Crippen molar-refractivity contribution >= 4 is 35.0 Å². The lowest BCUT2D eigenvalue weighted by molar-refractivity contribution is -0.139. The molecule has 35 heavy (non-hydrogen) atoms. The molecule has 0 spiro atoms. The number of nitrogens with one attached hydrogen (secondary N) is 2. The number of rotatable bonds is 8. The summed E-state index contributed by atoms with van der Waals surface area (Å²) in [5, 5.41) is 24.0. The van der Waals surface area contributed by atoms with Gasteiger partial charge in [0.25, 0.3) is 17.7 Å². The van der Waals surface area contributed by atoms with Crippen LogP contribution in [-0.4, -0.2) is 45.0 Å². The maximum absolute atomic E-state index is 13.4. The number of carboxylic acids is 1. The number of aryl methyl sites for hydroxylation is 2. The third kappa shape index (κ3) is 6.11. The van der Waals surface area contributed by atoms with Crippen molar-refractivity contribution in [2.75, 3.05) is 0 Å². The third-order valence-corrected chi connectivity index (χ3v) is 6.06. The normalized spacial score (nSPS) is 11.5. The van der Waals surface area contributed by atoms with Gasteiger partial charge in [0, 0.05) is 17.7 Å². The number of carbonyl (C=O) groups is 4. The molecule has 0 radical (unpaired) electrons. The number of amides is 3. The van der Waals surface area contributed by atoms with E-state index in [0.29, 0.717) is 21.7 Å². The summed E-state index contributed by atoms with van der Waals surface area (Å²) in [5.41, 5.74) is 4.61. The van der Waals surface area contributed by atoms with E-state index in [1.807, 2.05) is 0 Å². The number of carboxylic acid groups (broad SMARTS) is 1. The maximum Gasteiger partial charge on any atom is 0.322 e. The van der Waals surface area contributed by atoms with E-state index >= 15 is 0 Å². The van der Waals surface area contributed by atoms with Crippen molar-refractivity contribution in [1.82, 2.24) is 15.8 Å². The molecule has 1 atom stereocenters. The van der Waals surface area contributed by atoms with Gasteiger partial charge in [0.15, 0.2) is 0 Å². The third-order valence-electron chi connectivity index (χ3n) is 5.20. The second-order valence-corrected chi connectivity index (χ2v) is 8.90. The van der Waals surface area contributed by atoms with Gasteiger partial charge >= 0.3 is 5.97 Å². The second-order valence-electron chi connectivity index (χ2n) is 7.95. The topological polar surface area (TPSA) is 136 Å². The molecule has 0 saturated carbocycles. The van der Waals surface area contributed by atoms with E-state index in [-0.39, 0.29) is 28.6 Å². The van der Waals surface area contributed by atoms with E-state index in [1.54, 1.807) is 49.6 Å². The molecule has 10 heteroatoms. The number of hydrogen-bond donors (Lipinski definition) is 4. The van der Waals surface area contributed by atoms with E-state index in [1.165, 1.54) is 25.1 Å². The molecule has 1 aromatic heterocycles. The summed E-state index contributed by atoms with van der Waals surface area (Å²) < 4.78 is 0. The maximum atomic E-state index is 13.4. The number of aromatic hydroxyl groups is 1. The van der Waals surface area contributed by atoms with Crippen molar-refractivity contribution in [3.05, 3.63) is 86.6 Å². The monoisotopic (exact) mass is 495 g/mol. The number of aliphatic carboxylic acids is 1. The highest BCUT2D eigenvalue weighted by Crippen LogP contribution is 2.21. The van der Waals surface area contributed by atoms with Crippen LogP contribution < -0.4 is 10.7 Å². The van der Waals surface area contributed by atoms with Crippen molar-refractivity contribution in [2.45, 2.75) is 33.4 Å². The average Bonchev–Trinajstić information content (AvgIpc) is 3.34. The number of benzene rings is 2. The van der Waals surface area contributed by atoms with Crippen molar-refractivity contribution in [1.29, 1.82) is 0 Å². The molecule has 0 unspecified atom stereocenters. The Kier molecular flexibility index (Phi) is 8.00. The largest absolute Gasteiger partial charge is 0.508 e. The molecule has 0 aliphatic carbocycles. The summed E-state index contributed by atoms with van der Waals surface area (Å²) in [4.78, 5) is 50.8. The molecule has 182 valence electrons. The predicted molar refractivity (Wildman–Crippen MR) is 130 cm³/mol. The number of hydrazine groups is 1. The van der Waals surface area contributed by atoms with Crippen LogP contribution in [0.5, 0.6) is 5.75 Å². The fourth-order valence-electron chi connectivity index (χ4n) is 3.46. The van der Waals surface area contributed by atoms with E-state index in [0.717, 1.165) is 16.9 Å². The first-order chi connectivity index (χ1) is 16.6. The van der Waals surface area contributed by atoms with Gasteiger partial charge in [0.05, 0.1) is 4.88 Å². The van der Waals surface area contributed by atoms with Gasteiger partial charge in [-0.05, 0) is 73.2 Å². The number of thiophene rings is 1. The lowest BCUT2D eigenvalue weighted by Gasteiger charge is -2.25. The van der Waals surface area contributed by atoms with Gasteiger partial charge in [0.2, 0.25) is 0 Å². The smallest absolute Gasteiger partial charge is 0.322 e. The first kappa shape index (κ1) is 25.6. The van der Waals surface area contributed by atoms with Crippen molar-refractivity contribution in [3.8, 4) is 5.75 Å². The molecule has 0 fully saturated rings. The lowest BCUT2D eigenvalue weighted by Crippen LogP contribution is -2.53. The van der Waals surface area contributed by atoms with Crippen LogP contribution in [0.15, 0.2) is 53.9 Å². The lowest BCUT2D eigenvalue weighted by atomic mass is 9.98. The summed E-state index contributed by atoms with van der Waals surface area (Å²) in [7, 11) is 0. The Morgan fingerprint density at radius 3 is 2.26 bits per heavy atom. The van der Waals surface area contributed by atoms with E-state index in [4.69, 9.17) is 0 Å². The van der Waals surface area contributed by atoms with Crippen LogP contribution in [-0.2, 0) is 11.3 Å². The number of hydrogen-bond acceptors (Lipinski definition) is 7. The molecule has 4 N–H and O–H groups in total. The van der Waals surface area contributed by atoms with Crippen molar-refractivity contribution in [2.24, 2.45) is 0 Å². The number of phenolic OH excluding ortho intramolecular Hbond substituents is 1. The van der Waals surface area contributed by atoms with Gasteiger partial charge < -0.3 is 15.5 Å². The van der Waals surface area contributed by atoms with Crippen LogP contribution in [0, 0.1) is 13.8 Å². The Hall–Kier alpha value is -4.02. The van der Waals surface area contributed by atoms with Crippen LogP contribution >= 0.6 is 11.3 Å². The summed E-state index contributed by atoms with van der Waals surface area (Å²) in [6.07, 6.45) is 0. The van der Waals surface area contributed by atoms with Gasteiger partial charge in [-0.25, -0.2) is 10.4 Å². The van der Waals surface area contributed by atoms with Crippen LogP contribution in [0.25, 0.3) is 0 Å².